The smallest absolute Gasteiger partial charge is 0.492 e. The van der Waals surface area contributed by atoms with Gasteiger partial charge in [0.2, 0.25) is 5.91 Å². The molecule has 0 saturated heterocycles. The number of carbonyl (C=O) groups excluding carboxylic acids is 3. The van der Waals surface area contributed by atoms with Gasteiger partial charge in [0.1, 0.15) is 11.5 Å². The predicted molar refractivity (Wildman–Crippen MR) is 133 cm³/mol. The number of anilines is 2. The minimum absolute atomic E-state index is 0.144. The van der Waals surface area contributed by atoms with E-state index in [2.05, 4.69) is 10.6 Å². The number of hydrogen-bond donors (Lipinski definition) is 2. The van der Waals surface area contributed by atoms with Gasteiger partial charge in [0.05, 0.1) is 18.2 Å². The normalized spacial score (nSPS) is 10.2. The van der Waals surface area contributed by atoms with Crippen LogP contribution < -0.4 is 20.1 Å². The molecule has 3 aromatic carbocycles. The molecule has 0 fully saturated rings. The maximum Gasteiger partial charge on any atom is 0.513 e. The van der Waals surface area contributed by atoms with Gasteiger partial charge in [0.25, 0.3) is 5.91 Å². The van der Waals surface area contributed by atoms with Crippen molar-refractivity contribution in [2.45, 2.75) is 19.8 Å². The Morgan fingerprint density at radius 1 is 0.857 bits per heavy atom. The number of nitrogens with one attached hydrogen (secondary N) is 2. The van der Waals surface area contributed by atoms with E-state index in [-0.39, 0.29) is 24.2 Å². The monoisotopic (exact) mass is 496 g/mol. The fourth-order valence-electron chi connectivity index (χ4n) is 2.96. The Bertz CT molecular complexity index is 1150. The summed E-state index contributed by atoms with van der Waals surface area (Å²) < 4.78 is 15.3. The lowest BCUT2D eigenvalue weighted by molar-refractivity contribution is -0.116. The van der Waals surface area contributed by atoms with Crippen molar-refractivity contribution in [3.05, 3.63) is 83.4 Å². The van der Waals surface area contributed by atoms with E-state index in [9.17, 15) is 14.4 Å². The van der Waals surface area contributed by atoms with Crippen LogP contribution in [0.2, 0.25) is 5.02 Å². The fourth-order valence-corrected chi connectivity index (χ4v) is 3.15. The fraction of sp³-hybridized carbons (Fsp3) is 0.192. The number of amides is 2. The van der Waals surface area contributed by atoms with Crippen molar-refractivity contribution in [2.75, 3.05) is 23.8 Å². The zero-order valence-electron chi connectivity index (χ0n) is 19.1. The summed E-state index contributed by atoms with van der Waals surface area (Å²) in [5, 5.41) is 6.11. The molecule has 0 bridgehead atoms. The molecule has 0 atom stereocenters. The number of benzene rings is 3. The molecule has 0 aliphatic heterocycles. The topological polar surface area (TPSA) is 103 Å². The van der Waals surface area contributed by atoms with E-state index in [1.165, 1.54) is 24.3 Å². The SMILES string of the molecule is CCOC(=O)Oc1ccc(C(=O)Nc2ccc(NC(=O)CCCOc3ccccc3Cl)cc2)cc1. The molecule has 3 rings (SSSR count). The summed E-state index contributed by atoms with van der Waals surface area (Å²) in [5.74, 6) is 0.390. The highest BCUT2D eigenvalue weighted by Gasteiger charge is 2.10. The molecular weight excluding hydrogens is 472 g/mol. The number of rotatable bonds is 10. The first-order valence-corrected chi connectivity index (χ1v) is 11.4. The van der Waals surface area contributed by atoms with E-state index in [1.54, 1.807) is 43.3 Å². The second kappa shape index (κ2) is 13.0. The summed E-state index contributed by atoms with van der Waals surface area (Å²) >= 11 is 6.03. The van der Waals surface area contributed by atoms with Gasteiger partial charge in [-0.3, -0.25) is 9.59 Å². The number of para-hydroxylation sites is 1. The van der Waals surface area contributed by atoms with Crippen LogP contribution in [-0.4, -0.2) is 31.2 Å². The quantitative estimate of drug-likeness (QED) is 0.205. The zero-order valence-corrected chi connectivity index (χ0v) is 19.8. The molecular formula is C26H25ClN2O6. The molecule has 0 radical (unpaired) electrons. The molecule has 35 heavy (non-hydrogen) atoms. The van der Waals surface area contributed by atoms with E-state index < -0.39 is 6.16 Å². The highest BCUT2D eigenvalue weighted by Crippen LogP contribution is 2.23. The third kappa shape index (κ3) is 8.35. The van der Waals surface area contributed by atoms with Gasteiger partial charge in [-0.15, -0.1) is 0 Å². The maximum absolute atomic E-state index is 12.4. The largest absolute Gasteiger partial charge is 0.513 e. The third-order valence-electron chi connectivity index (χ3n) is 4.65. The summed E-state index contributed by atoms with van der Waals surface area (Å²) in [6.45, 7) is 2.26. The van der Waals surface area contributed by atoms with Crippen LogP contribution in [0.5, 0.6) is 11.5 Å². The second-order valence-corrected chi connectivity index (χ2v) is 7.68. The molecule has 9 heteroatoms. The molecule has 2 N–H and O–H groups in total. The van der Waals surface area contributed by atoms with Crippen LogP contribution in [0.4, 0.5) is 16.2 Å². The average molecular weight is 497 g/mol. The second-order valence-electron chi connectivity index (χ2n) is 7.27. The molecule has 0 aliphatic carbocycles. The van der Waals surface area contributed by atoms with Gasteiger partial charge in [0, 0.05) is 23.4 Å². The molecule has 182 valence electrons. The molecule has 3 aromatic rings. The molecule has 0 aliphatic rings. The summed E-state index contributed by atoms with van der Waals surface area (Å²) in [5.41, 5.74) is 1.56. The molecule has 8 nitrogen and oxygen atoms in total. The van der Waals surface area contributed by atoms with Crippen LogP contribution >= 0.6 is 11.6 Å². The lowest BCUT2D eigenvalue weighted by Gasteiger charge is -2.09. The summed E-state index contributed by atoms with van der Waals surface area (Å²) in [7, 11) is 0. The number of carbonyl (C=O) groups is 3. The highest BCUT2D eigenvalue weighted by atomic mass is 35.5. The van der Waals surface area contributed by atoms with Gasteiger partial charge in [-0.2, -0.15) is 0 Å². The number of hydrogen-bond acceptors (Lipinski definition) is 6. The summed E-state index contributed by atoms with van der Waals surface area (Å²) in [6, 6.07) is 20.0. The first kappa shape index (κ1) is 25.6. The lowest BCUT2D eigenvalue weighted by Crippen LogP contribution is -2.14. The van der Waals surface area contributed by atoms with E-state index >= 15 is 0 Å². The molecule has 0 heterocycles. The van der Waals surface area contributed by atoms with Crippen molar-refractivity contribution in [3.63, 3.8) is 0 Å². The molecule has 0 aromatic heterocycles. The van der Waals surface area contributed by atoms with Crippen molar-refractivity contribution in [2.24, 2.45) is 0 Å². The number of halogens is 1. The van der Waals surface area contributed by atoms with Gasteiger partial charge in [-0.05, 0) is 74.0 Å². The van der Waals surface area contributed by atoms with Crippen molar-refractivity contribution in [1.29, 1.82) is 0 Å². The van der Waals surface area contributed by atoms with E-state index in [0.717, 1.165) is 0 Å². The van der Waals surface area contributed by atoms with Crippen LogP contribution in [0.1, 0.15) is 30.1 Å². The first-order chi connectivity index (χ1) is 16.9. The molecule has 2 amide bonds. The van der Waals surface area contributed by atoms with E-state index in [0.29, 0.717) is 47.2 Å². The average Bonchev–Trinajstić information content (AvgIpc) is 2.84. The number of ether oxygens (including phenoxy) is 3. The van der Waals surface area contributed by atoms with E-state index in [4.69, 9.17) is 25.8 Å². The Kier molecular flexibility index (Phi) is 9.50. The first-order valence-electron chi connectivity index (χ1n) is 11.0. The third-order valence-corrected chi connectivity index (χ3v) is 4.96. The standard InChI is InChI=1S/C26H25ClN2O6/c1-2-33-26(32)35-21-15-9-18(10-16-21)25(31)29-20-13-11-19(12-14-20)28-24(30)8-5-17-34-23-7-4-3-6-22(23)27/h3-4,6-7,9-16H,2,5,8,17H2,1H3,(H,28,30)(H,29,31). The minimum Gasteiger partial charge on any atom is -0.492 e. The molecule has 0 spiro atoms. The van der Waals surface area contributed by atoms with Crippen LogP contribution in [-0.2, 0) is 9.53 Å². The van der Waals surface area contributed by atoms with Crippen LogP contribution in [0.3, 0.4) is 0 Å². The Morgan fingerprint density at radius 2 is 1.51 bits per heavy atom. The maximum atomic E-state index is 12.4. The molecule has 0 unspecified atom stereocenters. The van der Waals surface area contributed by atoms with Crippen molar-refractivity contribution in [1.82, 2.24) is 0 Å². The zero-order chi connectivity index (χ0) is 25.0. The highest BCUT2D eigenvalue weighted by molar-refractivity contribution is 6.32. The van der Waals surface area contributed by atoms with Crippen LogP contribution in [0, 0.1) is 0 Å². The lowest BCUT2D eigenvalue weighted by atomic mass is 10.2. The van der Waals surface area contributed by atoms with Crippen molar-refractivity contribution < 1.29 is 28.6 Å². The minimum atomic E-state index is -0.803. The van der Waals surface area contributed by atoms with Gasteiger partial charge in [-0.1, -0.05) is 23.7 Å². The Morgan fingerprint density at radius 3 is 2.17 bits per heavy atom. The van der Waals surface area contributed by atoms with Gasteiger partial charge in [0.15, 0.2) is 0 Å². The summed E-state index contributed by atoms with van der Waals surface area (Å²) in [4.78, 5) is 36.0. The Labute approximate surface area is 208 Å². The van der Waals surface area contributed by atoms with Gasteiger partial charge < -0.3 is 24.8 Å². The Hall–Kier alpha value is -4.04. The predicted octanol–water partition coefficient (Wildman–Crippen LogP) is 5.93. The van der Waals surface area contributed by atoms with Crippen LogP contribution in [0.25, 0.3) is 0 Å². The molecule has 0 saturated carbocycles. The summed E-state index contributed by atoms with van der Waals surface area (Å²) in [6.07, 6.45) is 0.0236. The van der Waals surface area contributed by atoms with Crippen molar-refractivity contribution >= 4 is 40.9 Å². The van der Waals surface area contributed by atoms with Crippen molar-refractivity contribution in [3.8, 4) is 11.5 Å². The Balaban J connectivity index is 1.42. The van der Waals surface area contributed by atoms with Gasteiger partial charge in [-0.25, -0.2) is 4.79 Å². The van der Waals surface area contributed by atoms with E-state index in [1.807, 2.05) is 12.1 Å². The van der Waals surface area contributed by atoms with Gasteiger partial charge >= 0.3 is 6.16 Å². The van der Waals surface area contributed by atoms with Crippen LogP contribution in [0.15, 0.2) is 72.8 Å².